The summed E-state index contributed by atoms with van der Waals surface area (Å²) in [6.07, 6.45) is 7.58. The number of piperazine rings is 1. The molecule has 6 rings (SSSR count). The van der Waals surface area contributed by atoms with Crippen LogP contribution in [0.15, 0.2) is 36.5 Å². The van der Waals surface area contributed by atoms with Gasteiger partial charge in [0.2, 0.25) is 0 Å². The average molecular weight is 469 g/mol. The van der Waals surface area contributed by atoms with Gasteiger partial charge < -0.3 is 15.1 Å². The molecule has 1 aromatic carbocycles. The van der Waals surface area contributed by atoms with Crippen LogP contribution in [0.1, 0.15) is 43.2 Å². The summed E-state index contributed by atoms with van der Waals surface area (Å²) in [7, 11) is 2.08. The Morgan fingerprint density at radius 2 is 1.83 bits per heavy atom. The highest BCUT2D eigenvalue weighted by Crippen LogP contribution is 2.35. The van der Waals surface area contributed by atoms with E-state index in [1.54, 1.807) is 0 Å². The zero-order chi connectivity index (χ0) is 23.9. The number of aromatic nitrogens is 3. The van der Waals surface area contributed by atoms with Gasteiger partial charge in [-0.3, -0.25) is 19.3 Å². The summed E-state index contributed by atoms with van der Waals surface area (Å²) in [6.45, 7) is 4.69. The number of hydrogen-bond donors (Lipinski definition) is 1. The van der Waals surface area contributed by atoms with E-state index in [-0.39, 0.29) is 11.8 Å². The van der Waals surface area contributed by atoms with E-state index in [1.165, 1.54) is 0 Å². The number of likely N-dealkylation sites (N-methyl/N-ethyl adjacent to an activating group) is 1. The number of nitrogens with zero attached hydrogens (tertiary/aromatic N) is 5. The monoisotopic (exact) mass is 468 g/mol. The van der Waals surface area contributed by atoms with E-state index in [0.29, 0.717) is 18.8 Å². The molecule has 0 atom stereocenters. The summed E-state index contributed by atoms with van der Waals surface area (Å²) in [4.78, 5) is 34.0. The van der Waals surface area contributed by atoms with E-state index in [9.17, 15) is 9.59 Å². The van der Waals surface area contributed by atoms with Crippen molar-refractivity contribution in [3.63, 3.8) is 0 Å². The van der Waals surface area contributed by atoms with E-state index < -0.39 is 0 Å². The third-order valence-corrected chi connectivity index (χ3v) is 7.18. The van der Waals surface area contributed by atoms with Crippen LogP contribution >= 0.6 is 0 Å². The van der Waals surface area contributed by atoms with Crippen LogP contribution in [0.5, 0.6) is 0 Å². The van der Waals surface area contributed by atoms with Gasteiger partial charge in [-0.1, -0.05) is 18.2 Å². The van der Waals surface area contributed by atoms with Crippen molar-refractivity contribution in [1.82, 2.24) is 29.9 Å². The predicted octanol–water partition coefficient (Wildman–Crippen LogP) is 2.35. The van der Waals surface area contributed by atoms with Crippen LogP contribution < -0.4 is 5.32 Å². The minimum absolute atomic E-state index is 0.0304. The Morgan fingerprint density at radius 1 is 1.03 bits per heavy atom. The molecule has 0 unspecified atom stereocenters. The molecule has 1 aliphatic carbocycles. The Labute approximate surface area is 204 Å². The van der Waals surface area contributed by atoms with Crippen LogP contribution in [0, 0.1) is 0 Å². The molecule has 1 saturated heterocycles. The molecule has 8 heteroatoms. The van der Waals surface area contributed by atoms with Gasteiger partial charge in [-0.25, -0.2) is 0 Å². The molecule has 0 spiro atoms. The molecule has 35 heavy (non-hydrogen) atoms. The second kappa shape index (κ2) is 8.78. The molecule has 1 N–H and O–H groups in total. The van der Waals surface area contributed by atoms with Crippen molar-refractivity contribution in [3.05, 3.63) is 70.2 Å². The van der Waals surface area contributed by atoms with E-state index in [4.69, 9.17) is 5.10 Å². The van der Waals surface area contributed by atoms with Crippen LogP contribution in [0.4, 0.5) is 0 Å². The van der Waals surface area contributed by atoms with Gasteiger partial charge in [0.05, 0.1) is 17.9 Å². The second-order valence-corrected chi connectivity index (χ2v) is 9.47. The van der Waals surface area contributed by atoms with Crippen molar-refractivity contribution in [2.45, 2.75) is 19.4 Å². The van der Waals surface area contributed by atoms with Crippen LogP contribution in [-0.2, 0) is 19.4 Å². The lowest BCUT2D eigenvalue weighted by Gasteiger charge is -2.32. The summed E-state index contributed by atoms with van der Waals surface area (Å²) in [5, 5.41) is 7.71. The number of pyridine rings is 1. The summed E-state index contributed by atoms with van der Waals surface area (Å²) >= 11 is 0. The SMILES string of the molecule is CN1CCN(C(=O)c2ccc(/C=C/c3cc4c(cn3)CCc3c-4nn4c3C(=O)NCC4)cc2)CC1. The first-order valence-electron chi connectivity index (χ1n) is 12.2. The molecule has 0 saturated carbocycles. The summed E-state index contributed by atoms with van der Waals surface area (Å²) in [5.74, 6) is 0.0643. The Kier molecular flexibility index (Phi) is 5.45. The maximum Gasteiger partial charge on any atom is 0.269 e. The number of fused-ring (bicyclic) bond motifs is 5. The van der Waals surface area contributed by atoms with E-state index in [1.807, 2.05) is 52.2 Å². The van der Waals surface area contributed by atoms with E-state index in [0.717, 1.165) is 78.2 Å². The largest absolute Gasteiger partial charge is 0.349 e. The number of amides is 2. The molecule has 0 radical (unpaired) electrons. The van der Waals surface area contributed by atoms with Gasteiger partial charge in [0, 0.05) is 55.6 Å². The number of benzene rings is 1. The van der Waals surface area contributed by atoms with Gasteiger partial charge >= 0.3 is 0 Å². The summed E-state index contributed by atoms with van der Waals surface area (Å²) in [6, 6.07) is 9.80. The van der Waals surface area contributed by atoms with Gasteiger partial charge in [-0.2, -0.15) is 5.10 Å². The molecular formula is C27H28N6O2. The number of nitrogens with one attached hydrogen (secondary N) is 1. The smallest absolute Gasteiger partial charge is 0.269 e. The average Bonchev–Trinajstić information content (AvgIpc) is 3.28. The molecule has 8 nitrogen and oxygen atoms in total. The predicted molar refractivity (Wildman–Crippen MR) is 134 cm³/mol. The first-order valence-corrected chi connectivity index (χ1v) is 12.2. The maximum atomic E-state index is 12.8. The van der Waals surface area contributed by atoms with E-state index in [2.05, 4.69) is 28.3 Å². The zero-order valence-electron chi connectivity index (χ0n) is 19.8. The number of rotatable bonds is 3. The van der Waals surface area contributed by atoms with Crippen molar-refractivity contribution in [2.75, 3.05) is 39.8 Å². The molecule has 178 valence electrons. The Balaban J connectivity index is 1.21. The lowest BCUT2D eigenvalue weighted by atomic mass is 9.89. The van der Waals surface area contributed by atoms with Crippen molar-refractivity contribution in [1.29, 1.82) is 0 Å². The molecule has 2 aliphatic heterocycles. The third kappa shape index (κ3) is 4.04. The van der Waals surface area contributed by atoms with Crippen molar-refractivity contribution in [2.24, 2.45) is 0 Å². The van der Waals surface area contributed by atoms with E-state index >= 15 is 0 Å². The normalized spacial score (nSPS) is 17.6. The van der Waals surface area contributed by atoms with Gasteiger partial charge in [-0.05, 0) is 55.3 Å². The highest BCUT2D eigenvalue weighted by molar-refractivity contribution is 5.97. The fourth-order valence-corrected chi connectivity index (χ4v) is 5.11. The van der Waals surface area contributed by atoms with Crippen molar-refractivity contribution >= 4 is 24.0 Å². The quantitative estimate of drug-likeness (QED) is 0.638. The maximum absolute atomic E-state index is 12.8. The minimum Gasteiger partial charge on any atom is -0.349 e. The molecule has 4 heterocycles. The fourth-order valence-electron chi connectivity index (χ4n) is 5.11. The zero-order valence-corrected chi connectivity index (χ0v) is 19.8. The number of hydrogen-bond acceptors (Lipinski definition) is 5. The molecule has 3 aliphatic rings. The van der Waals surface area contributed by atoms with Crippen LogP contribution in [0.25, 0.3) is 23.4 Å². The van der Waals surface area contributed by atoms with Crippen molar-refractivity contribution < 1.29 is 9.59 Å². The number of carbonyl (C=O) groups excluding carboxylic acids is 2. The summed E-state index contributed by atoms with van der Waals surface area (Å²) in [5.41, 5.74) is 7.44. The standard InChI is InChI=1S/C27H28N6O2/c1-31-12-14-32(15-13-31)27(35)19-5-2-18(3-6-19)4-8-21-16-23-20(17-29-21)7-9-22-24(23)30-33-11-10-28-26(34)25(22)33/h2-6,8,16-17H,7,9-15H2,1H3,(H,28,34)/b8-4+. The van der Waals surface area contributed by atoms with Crippen LogP contribution in [0.3, 0.4) is 0 Å². The van der Waals surface area contributed by atoms with Gasteiger partial charge in [0.15, 0.2) is 0 Å². The third-order valence-electron chi connectivity index (χ3n) is 7.18. The van der Waals surface area contributed by atoms with Gasteiger partial charge in [0.1, 0.15) is 5.69 Å². The first kappa shape index (κ1) is 21.7. The Hall–Kier alpha value is -3.78. The second-order valence-electron chi connectivity index (χ2n) is 9.47. The van der Waals surface area contributed by atoms with Crippen LogP contribution in [-0.4, -0.2) is 76.2 Å². The molecule has 3 aromatic rings. The lowest BCUT2D eigenvalue weighted by Crippen LogP contribution is -2.47. The fraction of sp³-hybridized carbons (Fsp3) is 0.333. The molecule has 2 aromatic heterocycles. The first-order chi connectivity index (χ1) is 17.1. The molecule has 0 bridgehead atoms. The van der Waals surface area contributed by atoms with Crippen LogP contribution in [0.2, 0.25) is 0 Å². The van der Waals surface area contributed by atoms with Gasteiger partial charge in [-0.15, -0.1) is 0 Å². The number of aryl methyl sites for hydroxylation is 1. The highest BCUT2D eigenvalue weighted by Gasteiger charge is 2.30. The Morgan fingerprint density at radius 3 is 2.63 bits per heavy atom. The van der Waals surface area contributed by atoms with Gasteiger partial charge in [0.25, 0.3) is 11.8 Å². The Bertz CT molecular complexity index is 1330. The summed E-state index contributed by atoms with van der Waals surface area (Å²) < 4.78 is 1.85. The molecule has 2 amide bonds. The van der Waals surface area contributed by atoms with Crippen molar-refractivity contribution in [3.8, 4) is 11.3 Å². The minimum atomic E-state index is -0.0304. The number of carbonyl (C=O) groups is 2. The topological polar surface area (TPSA) is 83.4 Å². The highest BCUT2D eigenvalue weighted by atomic mass is 16.2. The molecule has 1 fully saturated rings. The lowest BCUT2D eigenvalue weighted by molar-refractivity contribution is 0.0664. The molecular weight excluding hydrogens is 440 g/mol.